The minimum absolute atomic E-state index is 0.443. The van der Waals surface area contributed by atoms with Crippen LogP contribution in [-0.2, 0) is 11.8 Å². The molecule has 3 atom stereocenters. The maximum Gasteiger partial charge on any atom is 0.00243 e. The van der Waals surface area contributed by atoms with E-state index in [4.69, 9.17) is 0 Å². The van der Waals surface area contributed by atoms with E-state index in [2.05, 4.69) is 48.6 Å². The second-order valence-corrected chi connectivity index (χ2v) is 6.52. The van der Waals surface area contributed by atoms with E-state index in [0.29, 0.717) is 5.41 Å². The van der Waals surface area contributed by atoms with Crippen LogP contribution in [0.2, 0.25) is 0 Å². The predicted molar refractivity (Wildman–Crippen MR) is 80.2 cm³/mol. The zero-order valence-electron chi connectivity index (χ0n) is 11.5. The van der Waals surface area contributed by atoms with E-state index in [1.165, 1.54) is 38.5 Å². The average Bonchev–Trinajstić information content (AvgIpc) is 2.48. The van der Waals surface area contributed by atoms with Crippen molar-refractivity contribution in [2.75, 3.05) is 0 Å². The molecular formula is C19H22. The van der Waals surface area contributed by atoms with Crippen molar-refractivity contribution in [1.29, 1.82) is 0 Å². The molecule has 2 unspecified atom stereocenters. The summed E-state index contributed by atoms with van der Waals surface area (Å²) >= 11 is 0. The average molecular weight is 250 g/mol. The van der Waals surface area contributed by atoms with Crippen LogP contribution >= 0.6 is 0 Å². The van der Waals surface area contributed by atoms with E-state index in [1.807, 2.05) is 0 Å². The van der Waals surface area contributed by atoms with Gasteiger partial charge >= 0.3 is 0 Å². The van der Waals surface area contributed by atoms with Gasteiger partial charge in [-0.05, 0) is 55.1 Å². The summed E-state index contributed by atoms with van der Waals surface area (Å²) in [7, 11) is 0. The summed E-state index contributed by atoms with van der Waals surface area (Å²) in [4.78, 5) is 0. The third-order valence-electron chi connectivity index (χ3n) is 5.67. The molecule has 0 amide bonds. The lowest BCUT2D eigenvalue weighted by atomic mass is 9.53. The van der Waals surface area contributed by atoms with Crippen LogP contribution in [0.5, 0.6) is 0 Å². The van der Waals surface area contributed by atoms with Crippen LogP contribution in [0.4, 0.5) is 0 Å². The Morgan fingerprint density at radius 3 is 2.79 bits per heavy atom. The highest BCUT2D eigenvalue weighted by molar-refractivity contribution is 5.40. The smallest absolute Gasteiger partial charge is 0.00243 e. The normalized spacial score (nSPS) is 36.0. The molecular weight excluding hydrogens is 228 g/mol. The van der Waals surface area contributed by atoms with Crippen LogP contribution < -0.4 is 0 Å². The highest BCUT2D eigenvalue weighted by Gasteiger charge is 2.46. The number of hydrogen-bond acceptors (Lipinski definition) is 0. The third-order valence-corrected chi connectivity index (χ3v) is 5.67. The Morgan fingerprint density at radius 1 is 0.947 bits per heavy atom. The summed E-state index contributed by atoms with van der Waals surface area (Å²) in [5.74, 6) is 1.53. The monoisotopic (exact) mass is 250 g/mol. The van der Waals surface area contributed by atoms with Crippen molar-refractivity contribution >= 4 is 0 Å². The van der Waals surface area contributed by atoms with Gasteiger partial charge in [-0.2, -0.15) is 0 Å². The summed E-state index contributed by atoms with van der Waals surface area (Å²) in [5.41, 5.74) is 3.74. The molecule has 0 N–H and O–H groups in total. The van der Waals surface area contributed by atoms with Crippen molar-refractivity contribution in [3.05, 3.63) is 59.7 Å². The van der Waals surface area contributed by atoms with Crippen LogP contribution in [0.15, 0.2) is 48.6 Å². The molecule has 98 valence electrons. The molecule has 19 heavy (non-hydrogen) atoms. The first kappa shape index (κ1) is 11.5. The van der Waals surface area contributed by atoms with Gasteiger partial charge in [0.15, 0.2) is 0 Å². The van der Waals surface area contributed by atoms with Crippen LogP contribution in [-0.4, -0.2) is 0 Å². The zero-order valence-corrected chi connectivity index (χ0v) is 11.5. The standard InChI is InChI=1S/C19H22/c1-3-11-17-15(7-1)9-5-13-19(17)14-6-10-16-8-2-4-12-18(16)19/h1-4,7-8,11-12,15,17H,5-6,9-10,13-14H2/t15?,17?,19-/m1/s1. The Kier molecular flexibility index (Phi) is 2.65. The maximum absolute atomic E-state index is 2.51. The molecule has 0 saturated heterocycles. The molecule has 3 aliphatic carbocycles. The zero-order chi connectivity index (χ0) is 12.7. The van der Waals surface area contributed by atoms with Gasteiger partial charge in [-0.3, -0.25) is 0 Å². The molecule has 1 spiro atoms. The van der Waals surface area contributed by atoms with Gasteiger partial charge in [-0.1, -0.05) is 55.0 Å². The lowest BCUT2D eigenvalue weighted by Gasteiger charge is -2.50. The molecule has 0 heteroatoms. The van der Waals surface area contributed by atoms with Crippen molar-refractivity contribution in [3.63, 3.8) is 0 Å². The van der Waals surface area contributed by atoms with E-state index in [1.54, 1.807) is 11.1 Å². The fourth-order valence-corrected chi connectivity index (χ4v) is 4.90. The van der Waals surface area contributed by atoms with Crippen LogP contribution in [0.25, 0.3) is 0 Å². The highest BCUT2D eigenvalue weighted by Crippen LogP contribution is 2.54. The lowest BCUT2D eigenvalue weighted by molar-refractivity contribution is 0.155. The van der Waals surface area contributed by atoms with Gasteiger partial charge in [-0.15, -0.1) is 0 Å². The summed E-state index contributed by atoms with van der Waals surface area (Å²) < 4.78 is 0. The number of fused-ring (bicyclic) bond motifs is 4. The molecule has 0 radical (unpaired) electrons. The van der Waals surface area contributed by atoms with E-state index >= 15 is 0 Å². The Bertz CT molecular complexity index is 537. The van der Waals surface area contributed by atoms with Gasteiger partial charge < -0.3 is 0 Å². The summed E-state index contributed by atoms with van der Waals surface area (Å²) in [6, 6.07) is 9.25. The summed E-state index contributed by atoms with van der Waals surface area (Å²) in [6.07, 6.45) is 17.7. The van der Waals surface area contributed by atoms with E-state index < -0.39 is 0 Å². The second-order valence-electron chi connectivity index (χ2n) is 6.52. The molecule has 1 aromatic carbocycles. The Morgan fingerprint density at radius 2 is 1.79 bits per heavy atom. The molecule has 4 rings (SSSR count). The molecule has 3 aliphatic rings. The third kappa shape index (κ3) is 1.65. The Labute approximate surface area is 116 Å². The summed E-state index contributed by atoms with van der Waals surface area (Å²) in [6.45, 7) is 0. The minimum atomic E-state index is 0.443. The Balaban J connectivity index is 1.85. The first-order valence-corrected chi connectivity index (χ1v) is 7.83. The van der Waals surface area contributed by atoms with Crippen molar-refractivity contribution in [1.82, 2.24) is 0 Å². The van der Waals surface area contributed by atoms with Crippen LogP contribution in [0, 0.1) is 11.8 Å². The molecule has 1 fully saturated rings. The lowest BCUT2D eigenvalue weighted by Crippen LogP contribution is -2.44. The van der Waals surface area contributed by atoms with Crippen molar-refractivity contribution in [3.8, 4) is 0 Å². The second kappa shape index (κ2) is 4.37. The molecule has 0 aromatic heterocycles. The minimum Gasteiger partial charge on any atom is -0.0808 e. The molecule has 0 heterocycles. The van der Waals surface area contributed by atoms with Gasteiger partial charge in [0, 0.05) is 5.41 Å². The fraction of sp³-hybridized carbons (Fsp3) is 0.474. The largest absolute Gasteiger partial charge is 0.0808 e. The van der Waals surface area contributed by atoms with Crippen LogP contribution in [0.3, 0.4) is 0 Å². The number of aryl methyl sites for hydroxylation is 1. The van der Waals surface area contributed by atoms with Crippen molar-refractivity contribution < 1.29 is 0 Å². The van der Waals surface area contributed by atoms with E-state index in [0.717, 1.165) is 11.8 Å². The van der Waals surface area contributed by atoms with Gasteiger partial charge in [-0.25, -0.2) is 0 Å². The topological polar surface area (TPSA) is 0 Å². The Hall–Kier alpha value is -1.30. The predicted octanol–water partition coefficient (Wildman–Crippen LogP) is 4.80. The highest BCUT2D eigenvalue weighted by atomic mass is 14.5. The summed E-state index contributed by atoms with van der Waals surface area (Å²) in [5, 5.41) is 0. The first-order valence-electron chi connectivity index (χ1n) is 7.83. The number of hydrogen-bond donors (Lipinski definition) is 0. The van der Waals surface area contributed by atoms with E-state index in [9.17, 15) is 0 Å². The number of benzene rings is 1. The maximum atomic E-state index is 2.51. The number of allylic oxidation sites excluding steroid dienone is 4. The van der Waals surface area contributed by atoms with Gasteiger partial charge in [0.25, 0.3) is 0 Å². The molecule has 1 saturated carbocycles. The van der Waals surface area contributed by atoms with Gasteiger partial charge in [0.05, 0.1) is 0 Å². The van der Waals surface area contributed by atoms with Gasteiger partial charge in [0.1, 0.15) is 0 Å². The fourth-order valence-electron chi connectivity index (χ4n) is 4.90. The van der Waals surface area contributed by atoms with Gasteiger partial charge in [0.2, 0.25) is 0 Å². The molecule has 0 aliphatic heterocycles. The molecule has 0 bridgehead atoms. The van der Waals surface area contributed by atoms with Crippen molar-refractivity contribution in [2.45, 2.75) is 43.9 Å². The molecule has 1 aromatic rings. The first-order chi connectivity index (χ1) is 9.40. The molecule has 0 nitrogen and oxygen atoms in total. The van der Waals surface area contributed by atoms with Crippen LogP contribution in [0.1, 0.15) is 43.2 Å². The SMILES string of the molecule is C1=CC2CCC[C@@]3(CCCc4ccccc43)C2C=C1. The van der Waals surface area contributed by atoms with Crippen molar-refractivity contribution in [2.24, 2.45) is 11.8 Å². The van der Waals surface area contributed by atoms with E-state index in [-0.39, 0.29) is 0 Å². The number of rotatable bonds is 0. The quantitative estimate of drug-likeness (QED) is 0.620.